The fraction of sp³-hybridized carbons (Fsp3) is 0.125. The molecule has 4 aromatic carbocycles. The Morgan fingerprint density at radius 1 is 0.881 bits per heavy atom. The molecule has 5 aromatic rings. The molecule has 0 aliphatic carbocycles. The van der Waals surface area contributed by atoms with Gasteiger partial charge in [0.1, 0.15) is 18.1 Å². The van der Waals surface area contributed by atoms with Gasteiger partial charge in [0.05, 0.1) is 23.7 Å². The van der Waals surface area contributed by atoms with Gasteiger partial charge in [-0.25, -0.2) is 13.8 Å². The quantitative estimate of drug-likeness (QED) is 0.293. The largest absolute Gasteiger partial charge is 0.497 e. The van der Waals surface area contributed by atoms with Crippen LogP contribution < -0.4 is 26.6 Å². The van der Waals surface area contributed by atoms with Crippen LogP contribution in [0, 0.1) is 12.7 Å². The van der Waals surface area contributed by atoms with Crippen molar-refractivity contribution in [2.75, 3.05) is 12.4 Å². The second kappa shape index (κ2) is 11.9. The van der Waals surface area contributed by atoms with Crippen molar-refractivity contribution < 1.29 is 18.7 Å². The van der Waals surface area contributed by atoms with E-state index in [9.17, 15) is 23.6 Å². The number of carbonyl (C=O) groups is 2. The fourth-order valence-electron chi connectivity index (χ4n) is 4.49. The lowest BCUT2D eigenvalue weighted by Gasteiger charge is -2.15. The molecule has 0 atom stereocenters. The highest BCUT2D eigenvalue weighted by atomic mass is 19.1. The zero-order valence-electron chi connectivity index (χ0n) is 22.9. The number of aromatic nitrogens is 2. The van der Waals surface area contributed by atoms with Gasteiger partial charge < -0.3 is 15.4 Å². The van der Waals surface area contributed by atoms with E-state index in [0.29, 0.717) is 11.4 Å². The Kier molecular flexibility index (Phi) is 7.96. The van der Waals surface area contributed by atoms with Crippen LogP contribution in [0.3, 0.4) is 0 Å². The highest BCUT2D eigenvalue weighted by Gasteiger charge is 2.19. The molecule has 0 unspecified atom stereocenters. The lowest BCUT2D eigenvalue weighted by atomic mass is 10.1. The molecule has 2 amide bonds. The van der Waals surface area contributed by atoms with Crippen LogP contribution in [0.25, 0.3) is 16.6 Å². The second-order valence-corrected chi connectivity index (χ2v) is 9.66. The molecule has 2 N–H and O–H groups in total. The Labute approximate surface area is 239 Å². The van der Waals surface area contributed by atoms with Crippen LogP contribution in [-0.4, -0.2) is 28.1 Å². The van der Waals surface area contributed by atoms with Crippen molar-refractivity contribution in [1.29, 1.82) is 0 Å². The number of hydrogen-bond donors (Lipinski definition) is 2. The summed E-state index contributed by atoms with van der Waals surface area (Å²) in [5, 5.41) is 5.61. The average Bonchev–Trinajstić information content (AvgIpc) is 3.00. The van der Waals surface area contributed by atoms with Crippen LogP contribution in [-0.2, 0) is 17.9 Å². The van der Waals surface area contributed by atoms with Gasteiger partial charge in [0.2, 0.25) is 5.91 Å². The van der Waals surface area contributed by atoms with E-state index in [0.717, 1.165) is 20.3 Å². The number of rotatable bonds is 8. The fourth-order valence-corrected chi connectivity index (χ4v) is 4.49. The summed E-state index contributed by atoms with van der Waals surface area (Å²) in [5.74, 6) is -0.923. The molecule has 0 radical (unpaired) electrons. The molecule has 0 fully saturated rings. The van der Waals surface area contributed by atoms with Gasteiger partial charge in [-0.1, -0.05) is 29.8 Å². The summed E-state index contributed by atoms with van der Waals surface area (Å²) in [6.07, 6.45) is 0. The Morgan fingerprint density at radius 2 is 1.57 bits per heavy atom. The number of ether oxygens (including phenoxy) is 1. The second-order valence-electron chi connectivity index (χ2n) is 9.66. The molecule has 5 rings (SSSR count). The minimum atomic E-state index is -0.774. The summed E-state index contributed by atoms with van der Waals surface area (Å²) in [4.78, 5) is 53.4. The minimum Gasteiger partial charge on any atom is -0.497 e. The number of amides is 2. The normalized spacial score (nSPS) is 10.8. The number of hydrogen-bond acceptors (Lipinski definition) is 5. The van der Waals surface area contributed by atoms with Crippen molar-refractivity contribution in [3.63, 3.8) is 0 Å². The molecule has 0 saturated heterocycles. The minimum absolute atomic E-state index is 0.118. The van der Waals surface area contributed by atoms with Crippen molar-refractivity contribution in [2.45, 2.75) is 20.0 Å². The zero-order valence-corrected chi connectivity index (χ0v) is 22.9. The van der Waals surface area contributed by atoms with Crippen molar-refractivity contribution in [3.05, 3.63) is 134 Å². The molecule has 42 heavy (non-hydrogen) atoms. The number of fused-ring (bicyclic) bond motifs is 1. The number of halogens is 1. The van der Waals surface area contributed by atoms with Crippen LogP contribution >= 0.6 is 0 Å². The van der Waals surface area contributed by atoms with Gasteiger partial charge in [0, 0.05) is 17.8 Å². The number of nitrogens with zero attached hydrogens (tertiary/aromatic N) is 2. The van der Waals surface area contributed by atoms with Crippen molar-refractivity contribution in [1.82, 2.24) is 14.5 Å². The van der Waals surface area contributed by atoms with Gasteiger partial charge in [-0.2, -0.15) is 0 Å². The molecule has 0 bridgehead atoms. The number of nitrogens with one attached hydrogen (secondary N) is 2. The predicted molar refractivity (Wildman–Crippen MR) is 158 cm³/mol. The van der Waals surface area contributed by atoms with Crippen molar-refractivity contribution in [2.24, 2.45) is 0 Å². The Morgan fingerprint density at radius 3 is 2.24 bits per heavy atom. The van der Waals surface area contributed by atoms with Crippen molar-refractivity contribution >= 4 is 28.4 Å². The maximum Gasteiger partial charge on any atom is 0.336 e. The molecular weight excluding hydrogens is 539 g/mol. The topological polar surface area (TPSA) is 111 Å². The molecule has 0 saturated carbocycles. The third kappa shape index (κ3) is 5.97. The first kappa shape index (κ1) is 28.0. The van der Waals surface area contributed by atoms with E-state index >= 15 is 0 Å². The Hall–Kier alpha value is -5.51. The Balaban J connectivity index is 1.55. The number of benzene rings is 4. The maximum atomic E-state index is 13.8. The molecule has 9 nitrogen and oxygen atoms in total. The van der Waals surface area contributed by atoms with E-state index in [1.165, 1.54) is 49.6 Å². The number of carbonyl (C=O) groups excluding carboxylic acids is 2. The third-order valence-corrected chi connectivity index (χ3v) is 6.74. The summed E-state index contributed by atoms with van der Waals surface area (Å²) >= 11 is 0. The first-order valence-corrected chi connectivity index (χ1v) is 13.1. The van der Waals surface area contributed by atoms with Gasteiger partial charge in [-0.05, 0) is 79.2 Å². The van der Waals surface area contributed by atoms with Crippen LogP contribution in [0.4, 0.5) is 10.1 Å². The first-order chi connectivity index (χ1) is 20.2. The van der Waals surface area contributed by atoms with E-state index in [-0.39, 0.29) is 28.7 Å². The lowest BCUT2D eigenvalue weighted by Crippen LogP contribution is -2.41. The highest BCUT2D eigenvalue weighted by Crippen LogP contribution is 2.17. The molecule has 1 aromatic heterocycles. The molecular formula is C32H27FN4O5. The maximum absolute atomic E-state index is 13.8. The monoisotopic (exact) mass is 566 g/mol. The predicted octanol–water partition coefficient (Wildman–Crippen LogP) is 4.18. The van der Waals surface area contributed by atoms with Gasteiger partial charge in [0.25, 0.3) is 11.5 Å². The van der Waals surface area contributed by atoms with E-state index in [4.69, 9.17) is 4.74 Å². The van der Waals surface area contributed by atoms with Gasteiger partial charge >= 0.3 is 5.69 Å². The highest BCUT2D eigenvalue weighted by molar-refractivity contribution is 5.98. The SMILES string of the molecule is COc1ccc(-n2c(=O)c3ccc(C(=O)NCc4ccc(C)cc4)cc3n(CC(=O)Nc3ccc(F)cc3)c2=O)cc1. The van der Waals surface area contributed by atoms with Gasteiger partial charge in [0.15, 0.2) is 0 Å². The first-order valence-electron chi connectivity index (χ1n) is 13.1. The molecule has 0 aliphatic rings. The number of aryl methyl sites for hydroxylation is 1. The summed E-state index contributed by atoms with van der Waals surface area (Å²) in [6.45, 7) is 1.78. The van der Waals surface area contributed by atoms with Crippen molar-refractivity contribution in [3.8, 4) is 11.4 Å². The molecule has 0 aliphatic heterocycles. The standard InChI is InChI=1S/C32H27FN4O5/c1-20-3-5-21(6-4-20)18-34-30(39)22-7-16-27-28(17-22)36(19-29(38)35-24-10-8-23(33)9-11-24)32(41)37(31(27)40)25-12-14-26(42-2)15-13-25/h3-17H,18-19H2,1-2H3,(H,34,39)(H,35,38). The van der Waals surface area contributed by atoms with Gasteiger partial charge in [-0.15, -0.1) is 0 Å². The molecule has 0 spiro atoms. The summed E-state index contributed by atoms with van der Waals surface area (Å²) in [7, 11) is 1.50. The van der Waals surface area contributed by atoms with Crippen LogP contribution in [0.5, 0.6) is 5.75 Å². The van der Waals surface area contributed by atoms with Gasteiger partial charge in [-0.3, -0.25) is 19.0 Å². The van der Waals surface area contributed by atoms with Crippen LogP contribution in [0.15, 0.2) is 101 Å². The van der Waals surface area contributed by atoms with E-state index in [2.05, 4.69) is 10.6 Å². The smallest absolute Gasteiger partial charge is 0.336 e. The van der Waals surface area contributed by atoms with E-state index < -0.39 is 35.4 Å². The lowest BCUT2D eigenvalue weighted by molar-refractivity contribution is -0.116. The molecule has 10 heteroatoms. The van der Waals surface area contributed by atoms with Crippen LogP contribution in [0.2, 0.25) is 0 Å². The summed E-state index contributed by atoms with van der Waals surface area (Å²) < 4.78 is 20.6. The molecule has 212 valence electrons. The third-order valence-electron chi connectivity index (χ3n) is 6.74. The summed E-state index contributed by atoms with van der Waals surface area (Å²) in [6, 6.07) is 23.6. The summed E-state index contributed by atoms with van der Waals surface area (Å²) in [5.41, 5.74) is 1.56. The average molecular weight is 567 g/mol. The Bertz CT molecular complexity index is 1890. The van der Waals surface area contributed by atoms with Crippen LogP contribution in [0.1, 0.15) is 21.5 Å². The number of anilines is 1. The van der Waals surface area contributed by atoms with E-state index in [1.807, 2.05) is 31.2 Å². The molecule has 1 heterocycles. The van der Waals surface area contributed by atoms with E-state index in [1.54, 1.807) is 24.3 Å². The zero-order chi connectivity index (χ0) is 29.8. The number of methoxy groups -OCH3 is 1.